The fourth-order valence-corrected chi connectivity index (χ4v) is 2.26. The van der Waals surface area contributed by atoms with E-state index in [1.165, 1.54) is 17.0 Å². The highest BCUT2D eigenvalue weighted by atomic mass is 19.1. The first-order chi connectivity index (χ1) is 10.5. The van der Waals surface area contributed by atoms with Crippen molar-refractivity contribution in [2.45, 2.75) is 13.3 Å². The van der Waals surface area contributed by atoms with E-state index in [1.807, 2.05) is 21.0 Å². The summed E-state index contributed by atoms with van der Waals surface area (Å²) in [6.07, 6.45) is 2.18. The molecule has 0 saturated carbocycles. The Morgan fingerprint density at radius 1 is 1.41 bits per heavy atom. The highest BCUT2D eigenvalue weighted by Gasteiger charge is 2.17. The van der Waals surface area contributed by atoms with Gasteiger partial charge in [-0.05, 0) is 24.6 Å². The molecule has 2 N–H and O–H groups in total. The molecule has 0 fully saturated rings. The lowest BCUT2D eigenvalue weighted by Gasteiger charge is -2.10. The Hall–Kier alpha value is -2.21. The molecule has 0 atom stereocenters. The molecule has 22 heavy (non-hydrogen) atoms. The van der Waals surface area contributed by atoms with Gasteiger partial charge in [-0.2, -0.15) is 5.10 Å². The number of benzene rings is 1. The van der Waals surface area contributed by atoms with Crippen molar-refractivity contribution in [2.24, 2.45) is 0 Å². The van der Waals surface area contributed by atoms with Gasteiger partial charge in [-0.1, -0.05) is 13.0 Å². The Morgan fingerprint density at radius 2 is 2.18 bits per heavy atom. The Kier molecular flexibility index (Phi) is 5.27. The minimum atomic E-state index is -0.324. The zero-order valence-electron chi connectivity index (χ0n) is 13.2. The van der Waals surface area contributed by atoms with E-state index in [-0.39, 0.29) is 11.7 Å². The van der Waals surface area contributed by atoms with Crippen LogP contribution in [0.1, 0.15) is 23.0 Å². The normalized spacial score (nSPS) is 11.0. The highest BCUT2D eigenvalue weighted by molar-refractivity contribution is 5.95. The smallest absolute Gasteiger partial charge is 0.254 e. The minimum Gasteiger partial charge on any atom is -0.346 e. The maximum absolute atomic E-state index is 13.4. The van der Waals surface area contributed by atoms with E-state index < -0.39 is 0 Å². The van der Waals surface area contributed by atoms with Crippen molar-refractivity contribution in [3.63, 3.8) is 0 Å². The van der Waals surface area contributed by atoms with E-state index in [0.29, 0.717) is 24.2 Å². The van der Waals surface area contributed by atoms with Gasteiger partial charge in [-0.3, -0.25) is 4.79 Å². The summed E-state index contributed by atoms with van der Waals surface area (Å²) in [4.78, 5) is 13.5. The van der Waals surface area contributed by atoms with Crippen LogP contribution in [0.5, 0.6) is 0 Å². The molecule has 0 saturated heterocycles. The lowest BCUT2D eigenvalue weighted by atomic mass is 10.2. The zero-order valence-corrected chi connectivity index (χ0v) is 13.2. The molecule has 0 bridgehead atoms. The van der Waals surface area contributed by atoms with Crippen molar-refractivity contribution < 1.29 is 14.1 Å². The molecule has 1 aromatic carbocycles. The number of quaternary nitrogens is 1. The molecule has 0 aliphatic rings. The quantitative estimate of drug-likeness (QED) is 0.814. The van der Waals surface area contributed by atoms with Gasteiger partial charge in [0.15, 0.2) is 0 Å². The summed E-state index contributed by atoms with van der Waals surface area (Å²) in [5.41, 5.74) is 1.94. The summed E-state index contributed by atoms with van der Waals surface area (Å²) in [6.45, 7) is 3.41. The van der Waals surface area contributed by atoms with Crippen LogP contribution in [0, 0.1) is 5.82 Å². The Morgan fingerprint density at radius 3 is 2.82 bits per heavy atom. The molecular formula is C16H22FN4O+. The predicted octanol–water partition coefficient (Wildman–Crippen LogP) is 0.448. The number of rotatable bonds is 6. The van der Waals surface area contributed by atoms with Crippen LogP contribution in [0.25, 0.3) is 5.69 Å². The third kappa shape index (κ3) is 3.71. The molecule has 2 rings (SSSR count). The van der Waals surface area contributed by atoms with E-state index in [1.54, 1.807) is 23.0 Å². The van der Waals surface area contributed by atoms with Gasteiger partial charge in [0.2, 0.25) is 0 Å². The maximum atomic E-state index is 13.4. The maximum Gasteiger partial charge on any atom is 0.254 e. The first-order valence-corrected chi connectivity index (χ1v) is 7.43. The highest BCUT2D eigenvalue weighted by Crippen LogP contribution is 2.16. The van der Waals surface area contributed by atoms with Gasteiger partial charge < -0.3 is 10.2 Å². The average molecular weight is 305 g/mol. The lowest BCUT2D eigenvalue weighted by Crippen LogP contribution is -3.06. The van der Waals surface area contributed by atoms with Crippen molar-refractivity contribution in [3.8, 4) is 5.69 Å². The van der Waals surface area contributed by atoms with Gasteiger partial charge >= 0.3 is 0 Å². The number of hydrogen-bond donors (Lipinski definition) is 2. The Labute approximate surface area is 129 Å². The Balaban J connectivity index is 2.22. The van der Waals surface area contributed by atoms with E-state index in [2.05, 4.69) is 10.4 Å². The molecule has 6 heteroatoms. The summed E-state index contributed by atoms with van der Waals surface area (Å²) >= 11 is 0. The van der Waals surface area contributed by atoms with Gasteiger partial charge in [-0.15, -0.1) is 0 Å². The molecule has 2 aromatic rings. The molecule has 0 unspecified atom stereocenters. The second-order valence-corrected chi connectivity index (χ2v) is 5.46. The van der Waals surface area contributed by atoms with Crippen LogP contribution in [-0.2, 0) is 6.42 Å². The standard InChI is InChI=1S/C16H21FN4O/c1-4-15-14(16(22)18-8-9-20(2)3)11-19-21(15)13-7-5-6-12(17)10-13/h5-7,10-11H,4,8-9H2,1-3H3,(H,18,22)/p+1. The van der Waals surface area contributed by atoms with Gasteiger partial charge in [0, 0.05) is 0 Å². The summed E-state index contributed by atoms with van der Waals surface area (Å²) in [5.74, 6) is -0.462. The third-order valence-corrected chi connectivity index (χ3v) is 3.41. The van der Waals surface area contributed by atoms with Gasteiger partial charge in [-0.25, -0.2) is 9.07 Å². The van der Waals surface area contributed by atoms with E-state index in [9.17, 15) is 9.18 Å². The minimum absolute atomic E-state index is 0.138. The lowest BCUT2D eigenvalue weighted by molar-refractivity contribution is -0.856. The average Bonchev–Trinajstić information content (AvgIpc) is 2.90. The van der Waals surface area contributed by atoms with Gasteiger partial charge in [0.1, 0.15) is 5.82 Å². The summed E-state index contributed by atoms with van der Waals surface area (Å²) < 4.78 is 15.0. The van der Waals surface area contributed by atoms with Gasteiger partial charge in [0.25, 0.3) is 5.91 Å². The van der Waals surface area contributed by atoms with Crippen molar-refractivity contribution >= 4 is 5.91 Å². The van der Waals surface area contributed by atoms with E-state index >= 15 is 0 Å². The summed E-state index contributed by atoms with van der Waals surface area (Å²) in [7, 11) is 4.07. The number of aromatic nitrogens is 2. The molecule has 0 spiro atoms. The number of halogens is 1. The summed E-state index contributed by atoms with van der Waals surface area (Å²) in [6, 6.07) is 6.19. The van der Waals surface area contributed by atoms with E-state index in [0.717, 1.165) is 12.2 Å². The van der Waals surface area contributed by atoms with Crippen LogP contribution in [0.3, 0.4) is 0 Å². The van der Waals surface area contributed by atoms with Crippen molar-refractivity contribution in [1.82, 2.24) is 15.1 Å². The number of hydrogen-bond acceptors (Lipinski definition) is 2. The van der Waals surface area contributed by atoms with Crippen LogP contribution in [-0.4, -0.2) is 42.9 Å². The predicted molar refractivity (Wildman–Crippen MR) is 82.9 cm³/mol. The molecular weight excluding hydrogens is 283 g/mol. The number of nitrogens with zero attached hydrogens (tertiary/aromatic N) is 2. The molecule has 1 amide bonds. The Bertz CT molecular complexity index is 651. The van der Waals surface area contributed by atoms with Gasteiger partial charge in [0.05, 0.1) is 50.3 Å². The first-order valence-electron chi connectivity index (χ1n) is 7.43. The second kappa shape index (κ2) is 7.17. The fourth-order valence-electron chi connectivity index (χ4n) is 2.26. The van der Waals surface area contributed by atoms with Crippen LogP contribution < -0.4 is 10.2 Å². The number of carbonyl (C=O) groups is 1. The first kappa shape index (κ1) is 16.2. The fraction of sp³-hybridized carbons (Fsp3) is 0.375. The zero-order chi connectivity index (χ0) is 16.1. The largest absolute Gasteiger partial charge is 0.346 e. The van der Waals surface area contributed by atoms with Crippen molar-refractivity contribution in [2.75, 3.05) is 27.2 Å². The van der Waals surface area contributed by atoms with Crippen molar-refractivity contribution in [1.29, 1.82) is 0 Å². The van der Waals surface area contributed by atoms with Crippen LogP contribution in [0.2, 0.25) is 0 Å². The number of carbonyl (C=O) groups excluding carboxylic acids is 1. The number of likely N-dealkylation sites (N-methyl/N-ethyl adjacent to an activating group) is 1. The molecule has 0 aliphatic heterocycles. The molecule has 1 heterocycles. The molecule has 0 aliphatic carbocycles. The van der Waals surface area contributed by atoms with E-state index in [4.69, 9.17) is 0 Å². The van der Waals surface area contributed by atoms with Crippen LogP contribution >= 0.6 is 0 Å². The summed E-state index contributed by atoms with van der Waals surface area (Å²) in [5, 5.41) is 7.14. The number of amides is 1. The monoisotopic (exact) mass is 305 g/mol. The SMILES string of the molecule is CCc1c(C(=O)NCC[NH+](C)C)cnn1-c1cccc(F)c1. The molecule has 5 nitrogen and oxygen atoms in total. The third-order valence-electron chi connectivity index (χ3n) is 3.41. The molecule has 1 aromatic heterocycles. The van der Waals surface area contributed by atoms with Crippen LogP contribution in [0.4, 0.5) is 4.39 Å². The topological polar surface area (TPSA) is 51.4 Å². The number of nitrogens with one attached hydrogen (secondary N) is 2. The molecule has 0 radical (unpaired) electrons. The van der Waals surface area contributed by atoms with Crippen LogP contribution in [0.15, 0.2) is 30.5 Å². The molecule has 118 valence electrons. The second-order valence-electron chi connectivity index (χ2n) is 5.46. The van der Waals surface area contributed by atoms with Crippen molar-refractivity contribution in [3.05, 3.63) is 47.5 Å².